The molecule has 1 N–H and O–H groups in total. The number of hydrogen-bond acceptors (Lipinski definition) is 6. The minimum absolute atomic E-state index is 0.147. The smallest absolute Gasteiger partial charge is 0.237 e. The molecule has 2 heterocycles. The molecule has 0 bridgehead atoms. The molecule has 1 fully saturated rings. The van der Waals surface area contributed by atoms with Gasteiger partial charge in [0.15, 0.2) is 0 Å². The highest BCUT2D eigenvalue weighted by Gasteiger charge is 2.17. The van der Waals surface area contributed by atoms with Gasteiger partial charge in [-0.15, -0.1) is 0 Å². The van der Waals surface area contributed by atoms with Crippen LogP contribution in [0.25, 0.3) is 0 Å². The number of nitrogens with one attached hydrogen (secondary N) is 1. The summed E-state index contributed by atoms with van der Waals surface area (Å²) in [6.45, 7) is 2.47. The molecule has 1 saturated heterocycles. The molecule has 0 saturated carbocycles. The third-order valence-electron chi connectivity index (χ3n) is 3.56. The van der Waals surface area contributed by atoms with Gasteiger partial charge in [-0.05, 0) is 18.2 Å². The second-order valence-electron chi connectivity index (χ2n) is 5.47. The van der Waals surface area contributed by atoms with E-state index in [9.17, 15) is 17.2 Å². The van der Waals surface area contributed by atoms with Crippen LogP contribution in [0.3, 0.4) is 0 Å². The van der Waals surface area contributed by atoms with Gasteiger partial charge in [-0.1, -0.05) is 0 Å². The van der Waals surface area contributed by atoms with Crippen molar-refractivity contribution < 1.29 is 21.9 Å². The van der Waals surface area contributed by atoms with Crippen molar-refractivity contribution in [1.29, 1.82) is 0 Å². The van der Waals surface area contributed by atoms with Crippen LogP contribution in [0.15, 0.2) is 30.6 Å². The van der Waals surface area contributed by atoms with Crippen molar-refractivity contribution in [2.45, 2.75) is 5.75 Å². The van der Waals surface area contributed by atoms with E-state index in [0.29, 0.717) is 32.3 Å². The zero-order valence-corrected chi connectivity index (χ0v) is 14.0. The van der Waals surface area contributed by atoms with Crippen molar-refractivity contribution in [3.63, 3.8) is 0 Å². The Morgan fingerprint density at radius 3 is 2.52 bits per heavy atom. The summed E-state index contributed by atoms with van der Waals surface area (Å²) >= 11 is 0. The average molecular weight is 370 g/mol. The summed E-state index contributed by atoms with van der Waals surface area (Å²) in [5, 5.41) is 0. The largest absolute Gasteiger partial charge is 0.378 e. The summed E-state index contributed by atoms with van der Waals surface area (Å²) < 4.78 is 58.5. The van der Waals surface area contributed by atoms with Crippen molar-refractivity contribution in [3.05, 3.63) is 47.8 Å². The normalized spacial score (nSPS) is 15.2. The number of benzene rings is 1. The highest BCUT2D eigenvalue weighted by molar-refractivity contribution is 7.91. The maximum atomic E-state index is 13.6. The highest BCUT2D eigenvalue weighted by Crippen LogP contribution is 2.17. The van der Waals surface area contributed by atoms with Crippen molar-refractivity contribution in [2.75, 3.05) is 35.9 Å². The van der Waals surface area contributed by atoms with Crippen LogP contribution in [0.4, 0.5) is 20.4 Å². The zero-order chi connectivity index (χ0) is 17.9. The second-order valence-corrected chi connectivity index (χ2v) is 7.19. The first-order valence-corrected chi connectivity index (χ1v) is 9.17. The van der Waals surface area contributed by atoms with Crippen LogP contribution in [0, 0.1) is 11.6 Å². The van der Waals surface area contributed by atoms with Gasteiger partial charge in [-0.25, -0.2) is 27.2 Å². The average Bonchev–Trinajstić information content (AvgIpc) is 2.59. The Morgan fingerprint density at radius 2 is 1.84 bits per heavy atom. The quantitative estimate of drug-likeness (QED) is 0.859. The van der Waals surface area contributed by atoms with E-state index in [0.717, 1.165) is 18.2 Å². The SMILES string of the molecule is O=S(=O)(Cc1cc(F)ccc1F)Nc1cnc(N2CCOCC2)nc1. The predicted molar refractivity (Wildman–Crippen MR) is 87.7 cm³/mol. The van der Waals surface area contributed by atoms with Gasteiger partial charge >= 0.3 is 0 Å². The molecule has 0 atom stereocenters. The molecule has 1 aromatic carbocycles. The van der Waals surface area contributed by atoms with E-state index in [1.165, 1.54) is 12.4 Å². The molecule has 134 valence electrons. The predicted octanol–water partition coefficient (Wildman–Crippen LogP) is 1.53. The van der Waals surface area contributed by atoms with Gasteiger partial charge < -0.3 is 9.64 Å². The Balaban J connectivity index is 1.69. The number of anilines is 2. The Labute approximate surface area is 143 Å². The number of aromatic nitrogens is 2. The number of ether oxygens (including phenoxy) is 1. The standard InChI is InChI=1S/C15H16F2N4O3S/c16-12-1-2-14(17)11(7-12)10-25(22,23)20-13-8-18-15(19-9-13)21-3-5-24-6-4-21/h1-2,7-9,20H,3-6,10H2. The molecule has 7 nitrogen and oxygen atoms in total. The van der Waals surface area contributed by atoms with Crippen LogP contribution >= 0.6 is 0 Å². The van der Waals surface area contributed by atoms with E-state index in [1.807, 2.05) is 4.90 Å². The van der Waals surface area contributed by atoms with Crippen molar-refractivity contribution >= 4 is 21.7 Å². The first kappa shape index (κ1) is 17.5. The molecular formula is C15H16F2N4O3S. The molecule has 0 aliphatic carbocycles. The molecule has 10 heteroatoms. The van der Waals surface area contributed by atoms with Gasteiger partial charge in [0, 0.05) is 18.7 Å². The maximum absolute atomic E-state index is 13.6. The van der Waals surface area contributed by atoms with Crippen LogP contribution in [-0.2, 0) is 20.5 Å². The number of sulfonamides is 1. The topological polar surface area (TPSA) is 84.4 Å². The molecule has 3 rings (SSSR count). The van der Waals surface area contributed by atoms with Crippen molar-refractivity contribution in [1.82, 2.24) is 9.97 Å². The summed E-state index contributed by atoms with van der Waals surface area (Å²) in [4.78, 5) is 10.2. The fourth-order valence-electron chi connectivity index (χ4n) is 2.37. The fraction of sp³-hybridized carbons (Fsp3) is 0.333. The number of morpholine rings is 1. The molecule has 2 aromatic rings. The van der Waals surface area contributed by atoms with Crippen LogP contribution < -0.4 is 9.62 Å². The molecule has 1 aliphatic rings. The molecule has 0 spiro atoms. The summed E-state index contributed by atoms with van der Waals surface area (Å²) in [6.07, 6.45) is 2.66. The zero-order valence-electron chi connectivity index (χ0n) is 13.2. The van der Waals surface area contributed by atoms with E-state index in [4.69, 9.17) is 4.74 Å². The van der Waals surface area contributed by atoms with Gasteiger partial charge in [0.25, 0.3) is 0 Å². The molecule has 0 amide bonds. The molecule has 1 aliphatic heterocycles. The Hall–Kier alpha value is -2.33. The fourth-order valence-corrected chi connectivity index (χ4v) is 3.54. The van der Waals surface area contributed by atoms with Crippen molar-refractivity contribution in [3.8, 4) is 0 Å². The van der Waals surface area contributed by atoms with Crippen LogP contribution in [0.1, 0.15) is 5.56 Å². The molecule has 25 heavy (non-hydrogen) atoms. The number of nitrogens with zero attached hydrogens (tertiary/aromatic N) is 3. The van der Waals surface area contributed by atoms with E-state index in [-0.39, 0.29) is 11.3 Å². The van der Waals surface area contributed by atoms with E-state index in [1.54, 1.807) is 0 Å². The van der Waals surface area contributed by atoms with E-state index >= 15 is 0 Å². The van der Waals surface area contributed by atoms with E-state index in [2.05, 4.69) is 14.7 Å². The lowest BCUT2D eigenvalue weighted by Crippen LogP contribution is -2.37. The van der Waals surface area contributed by atoms with Gasteiger partial charge in [-0.2, -0.15) is 0 Å². The van der Waals surface area contributed by atoms with Gasteiger partial charge in [0.2, 0.25) is 16.0 Å². The minimum atomic E-state index is -3.93. The maximum Gasteiger partial charge on any atom is 0.237 e. The summed E-state index contributed by atoms with van der Waals surface area (Å²) in [5.41, 5.74) is -0.104. The third-order valence-corrected chi connectivity index (χ3v) is 4.80. The van der Waals surface area contributed by atoms with Crippen molar-refractivity contribution in [2.24, 2.45) is 0 Å². The molecular weight excluding hydrogens is 354 g/mol. The molecule has 0 radical (unpaired) electrons. The molecule has 0 unspecified atom stereocenters. The second kappa shape index (κ2) is 7.28. The highest BCUT2D eigenvalue weighted by atomic mass is 32.2. The minimum Gasteiger partial charge on any atom is -0.378 e. The summed E-state index contributed by atoms with van der Waals surface area (Å²) in [5.74, 6) is -1.71. The number of halogens is 2. The number of rotatable bonds is 5. The monoisotopic (exact) mass is 370 g/mol. The summed E-state index contributed by atoms with van der Waals surface area (Å²) in [7, 11) is -3.93. The lowest BCUT2D eigenvalue weighted by atomic mass is 10.2. The van der Waals surface area contributed by atoms with Gasteiger partial charge in [0.05, 0.1) is 37.0 Å². The Kier molecular flexibility index (Phi) is 5.09. The first-order chi connectivity index (χ1) is 11.9. The Morgan fingerprint density at radius 1 is 1.16 bits per heavy atom. The van der Waals surface area contributed by atoms with Crippen LogP contribution in [0.2, 0.25) is 0 Å². The van der Waals surface area contributed by atoms with Gasteiger partial charge in [-0.3, -0.25) is 4.72 Å². The first-order valence-electron chi connectivity index (χ1n) is 7.52. The van der Waals surface area contributed by atoms with E-state index < -0.39 is 27.4 Å². The lowest BCUT2D eigenvalue weighted by molar-refractivity contribution is 0.122. The van der Waals surface area contributed by atoms with Crippen LogP contribution in [-0.4, -0.2) is 44.7 Å². The molecule has 1 aromatic heterocycles. The van der Waals surface area contributed by atoms with Crippen LogP contribution in [0.5, 0.6) is 0 Å². The lowest BCUT2D eigenvalue weighted by Gasteiger charge is -2.26. The summed E-state index contributed by atoms with van der Waals surface area (Å²) in [6, 6.07) is 2.67. The third kappa shape index (κ3) is 4.60. The Bertz CT molecular complexity index is 840. The number of hydrogen-bond donors (Lipinski definition) is 1. The van der Waals surface area contributed by atoms with Gasteiger partial charge in [0.1, 0.15) is 11.6 Å².